The van der Waals surface area contributed by atoms with E-state index in [9.17, 15) is 8.42 Å². The normalized spacial score (nSPS) is 14.1. The van der Waals surface area contributed by atoms with E-state index in [2.05, 4.69) is 20.8 Å². The van der Waals surface area contributed by atoms with Gasteiger partial charge in [-0.05, 0) is 36.0 Å². The molecule has 0 radical (unpaired) electrons. The van der Waals surface area contributed by atoms with Gasteiger partial charge in [0.25, 0.3) is 10.1 Å². The van der Waals surface area contributed by atoms with E-state index in [4.69, 9.17) is 4.55 Å². The van der Waals surface area contributed by atoms with E-state index in [-0.39, 0.29) is 4.90 Å². The first-order valence-corrected chi connectivity index (χ1v) is 6.82. The van der Waals surface area contributed by atoms with Crippen LogP contribution in [0, 0.1) is 5.92 Å². The van der Waals surface area contributed by atoms with E-state index in [1.165, 1.54) is 12.1 Å². The molecule has 0 aliphatic heterocycles. The van der Waals surface area contributed by atoms with Crippen molar-refractivity contribution in [1.82, 2.24) is 0 Å². The summed E-state index contributed by atoms with van der Waals surface area (Å²) < 4.78 is 30.5. The first kappa shape index (κ1) is 13.2. The van der Waals surface area contributed by atoms with Gasteiger partial charge in [-0.2, -0.15) is 8.42 Å². The fourth-order valence-electron chi connectivity index (χ4n) is 1.81. The molecule has 90 valence electrons. The average molecular weight is 242 g/mol. The van der Waals surface area contributed by atoms with Crippen LogP contribution >= 0.6 is 0 Å². The van der Waals surface area contributed by atoms with Gasteiger partial charge < -0.3 is 0 Å². The van der Waals surface area contributed by atoms with Gasteiger partial charge in [-0.3, -0.25) is 4.55 Å². The van der Waals surface area contributed by atoms with Crippen molar-refractivity contribution >= 4 is 10.1 Å². The summed E-state index contributed by atoms with van der Waals surface area (Å²) in [6.45, 7) is 6.43. The van der Waals surface area contributed by atoms with E-state index in [1.807, 2.05) is 0 Å². The van der Waals surface area contributed by atoms with E-state index >= 15 is 0 Å². The van der Waals surface area contributed by atoms with Gasteiger partial charge in [0.2, 0.25) is 0 Å². The molecular formula is C12H18O3S. The first-order chi connectivity index (χ1) is 7.30. The number of rotatable bonds is 4. The summed E-state index contributed by atoms with van der Waals surface area (Å²) >= 11 is 0. The molecule has 1 aromatic carbocycles. The SMILES string of the molecule is CC(C)CC(C)c1ccc(S(=O)(=O)O)cc1. The predicted molar refractivity (Wildman–Crippen MR) is 64.1 cm³/mol. The number of benzene rings is 1. The van der Waals surface area contributed by atoms with Crippen LogP contribution in [0.3, 0.4) is 0 Å². The molecule has 0 amide bonds. The van der Waals surface area contributed by atoms with Crippen molar-refractivity contribution in [2.24, 2.45) is 5.92 Å². The summed E-state index contributed by atoms with van der Waals surface area (Å²) in [6.07, 6.45) is 1.06. The molecule has 16 heavy (non-hydrogen) atoms. The molecule has 0 aliphatic rings. The average Bonchev–Trinajstić information content (AvgIpc) is 2.15. The Kier molecular flexibility index (Phi) is 4.10. The van der Waals surface area contributed by atoms with Crippen molar-refractivity contribution in [3.05, 3.63) is 29.8 Å². The van der Waals surface area contributed by atoms with Crippen molar-refractivity contribution in [3.63, 3.8) is 0 Å². The summed E-state index contributed by atoms with van der Waals surface area (Å²) in [7, 11) is -4.07. The second-order valence-corrected chi connectivity index (χ2v) is 6.00. The van der Waals surface area contributed by atoms with Crippen LogP contribution in [0.4, 0.5) is 0 Å². The van der Waals surface area contributed by atoms with Crippen LogP contribution in [0.5, 0.6) is 0 Å². The Balaban J connectivity index is 2.87. The van der Waals surface area contributed by atoms with Crippen LogP contribution in [-0.2, 0) is 10.1 Å². The molecule has 1 aromatic rings. The van der Waals surface area contributed by atoms with Crippen molar-refractivity contribution < 1.29 is 13.0 Å². The number of hydrogen-bond acceptors (Lipinski definition) is 2. The van der Waals surface area contributed by atoms with E-state index < -0.39 is 10.1 Å². The summed E-state index contributed by atoms with van der Waals surface area (Å²) in [5.74, 6) is 1.01. The third kappa shape index (κ3) is 3.61. The molecule has 1 atom stereocenters. The van der Waals surface area contributed by atoms with Crippen LogP contribution < -0.4 is 0 Å². The molecule has 0 aliphatic carbocycles. The smallest absolute Gasteiger partial charge is 0.282 e. The Bertz CT molecular complexity index is 432. The second-order valence-electron chi connectivity index (χ2n) is 4.57. The quantitative estimate of drug-likeness (QED) is 0.825. The van der Waals surface area contributed by atoms with Crippen molar-refractivity contribution in [3.8, 4) is 0 Å². The highest BCUT2D eigenvalue weighted by Gasteiger charge is 2.11. The molecule has 1 unspecified atom stereocenters. The molecule has 0 fully saturated rings. The van der Waals surface area contributed by atoms with Crippen molar-refractivity contribution in [2.45, 2.75) is 38.0 Å². The minimum atomic E-state index is -4.07. The minimum Gasteiger partial charge on any atom is -0.282 e. The monoisotopic (exact) mass is 242 g/mol. The molecule has 0 saturated carbocycles. The summed E-state index contributed by atoms with van der Waals surface area (Å²) in [5, 5.41) is 0. The molecule has 0 bridgehead atoms. The maximum atomic E-state index is 10.8. The summed E-state index contributed by atoms with van der Waals surface area (Å²) in [4.78, 5) is -0.0482. The molecule has 0 heterocycles. The largest absolute Gasteiger partial charge is 0.294 e. The van der Waals surface area contributed by atoms with Crippen LogP contribution in [0.1, 0.15) is 38.7 Å². The van der Waals surface area contributed by atoms with Gasteiger partial charge in [-0.15, -0.1) is 0 Å². The van der Waals surface area contributed by atoms with Gasteiger partial charge in [0.1, 0.15) is 0 Å². The van der Waals surface area contributed by atoms with E-state index in [1.54, 1.807) is 12.1 Å². The highest BCUT2D eigenvalue weighted by atomic mass is 32.2. The topological polar surface area (TPSA) is 54.4 Å². The molecular weight excluding hydrogens is 224 g/mol. The summed E-state index contributed by atoms with van der Waals surface area (Å²) in [6, 6.07) is 6.41. The van der Waals surface area contributed by atoms with Gasteiger partial charge >= 0.3 is 0 Å². The molecule has 4 heteroatoms. The molecule has 3 nitrogen and oxygen atoms in total. The third-order valence-corrected chi connectivity index (χ3v) is 3.44. The van der Waals surface area contributed by atoms with Crippen molar-refractivity contribution in [2.75, 3.05) is 0 Å². The molecule has 1 rings (SSSR count). The molecule has 0 spiro atoms. The Morgan fingerprint density at radius 3 is 2.00 bits per heavy atom. The van der Waals surface area contributed by atoms with Gasteiger partial charge in [-0.25, -0.2) is 0 Å². The molecule has 1 N–H and O–H groups in total. The van der Waals surface area contributed by atoms with Gasteiger partial charge in [0, 0.05) is 0 Å². The lowest BCUT2D eigenvalue weighted by Crippen LogP contribution is -2.01. The van der Waals surface area contributed by atoms with Crippen LogP contribution in [0.25, 0.3) is 0 Å². The second kappa shape index (κ2) is 4.97. The van der Waals surface area contributed by atoms with Crippen molar-refractivity contribution in [1.29, 1.82) is 0 Å². The van der Waals surface area contributed by atoms with Gasteiger partial charge in [-0.1, -0.05) is 32.9 Å². The Hall–Kier alpha value is -0.870. The van der Waals surface area contributed by atoms with E-state index in [0.29, 0.717) is 11.8 Å². The molecule has 0 aromatic heterocycles. The first-order valence-electron chi connectivity index (χ1n) is 5.38. The maximum absolute atomic E-state index is 10.8. The third-order valence-electron chi connectivity index (χ3n) is 2.57. The zero-order valence-electron chi connectivity index (χ0n) is 9.84. The highest BCUT2D eigenvalue weighted by molar-refractivity contribution is 7.85. The lowest BCUT2D eigenvalue weighted by atomic mass is 9.92. The Morgan fingerprint density at radius 1 is 1.12 bits per heavy atom. The zero-order valence-corrected chi connectivity index (χ0v) is 10.7. The van der Waals surface area contributed by atoms with Gasteiger partial charge in [0.15, 0.2) is 0 Å². The summed E-state index contributed by atoms with van der Waals surface area (Å²) in [5.41, 5.74) is 1.10. The Morgan fingerprint density at radius 2 is 1.62 bits per heavy atom. The van der Waals surface area contributed by atoms with Crippen LogP contribution in [0.2, 0.25) is 0 Å². The van der Waals surface area contributed by atoms with E-state index in [0.717, 1.165) is 12.0 Å². The lowest BCUT2D eigenvalue weighted by Gasteiger charge is -2.14. The lowest BCUT2D eigenvalue weighted by molar-refractivity contribution is 0.483. The van der Waals surface area contributed by atoms with Gasteiger partial charge in [0.05, 0.1) is 4.90 Å². The molecule has 0 saturated heterocycles. The minimum absolute atomic E-state index is 0.0482. The van der Waals surface area contributed by atoms with Crippen LogP contribution in [0.15, 0.2) is 29.2 Å². The van der Waals surface area contributed by atoms with Crippen LogP contribution in [-0.4, -0.2) is 13.0 Å². The highest BCUT2D eigenvalue weighted by Crippen LogP contribution is 2.24. The Labute approximate surface area is 97.2 Å². The predicted octanol–water partition coefficient (Wildman–Crippen LogP) is 3.08. The maximum Gasteiger partial charge on any atom is 0.294 e. The number of hydrogen-bond donors (Lipinski definition) is 1. The fraction of sp³-hybridized carbons (Fsp3) is 0.500. The zero-order chi connectivity index (χ0) is 12.3. The standard InChI is InChI=1S/C12H18O3S/c1-9(2)8-10(3)11-4-6-12(7-5-11)16(13,14)15/h4-7,9-10H,8H2,1-3H3,(H,13,14,15). The fourth-order valence-corrected chi connectivity index (χ4v) is 2.29.